The van der Waals surface area contributed by atoms with Gasteiger partial charge < -0.3 is 15.1 Å². The zero-order valence-electron chi connectivity index (χ0n) is 20.3. The second kappa shape index (κ2) is 10.7. The molecule has 2 amide bonds. The minimum absolute atomic E-state index is 0.0154. The van der Waals surface area contributed by atoms with E-state index in [0.29, 0.717) is 17.1 Å². The standard InChI is InChI=1S/C28H28ClN3O4S/c29-22-8-5-7-20(17-22)19-32-24-18-21(27(33)30-13-6-16-31-14-3-4-15-31)11-12-26(24)37(35,36)25-10-2-1-9-23(25)28(32)34/h1-2,5,7-12,17-18H,3-4,6,13-16,19H2,(H,30,33). The average molecular weight is 538 g/mol. The molecule has 37 heavy (non-hydrogen) atoms. The van der Waals surface area contributed by atoms with Crippen molar-refractivity contribution >= 4 is 38.9 Å². The third-order valence-corrected chi connectivity index (χ3v) is 8.91. The van der Waals surface area contributed by atoms with Crippen LogP contribution in [0.25, 0.3) is 0 Å². The molecule has 1 fully saturated rings. The number of likely N-dealkylation sites (tertiary alicyclic amines) is 1. The van der Waals surface area contributed by atoms with Gasteiger partial charge in [-0.05, 0) is 86.9 Å². The molecule has 0 saturated carbocycles. The molecule has 0 unspecified atom stereocenters. The number of halogens is 1. The Labute approximate surface area is 222 Å². The number of carbonyl (C=O) groups excluding carboxylic acids is 2. The molecule has 2 heterocycles. The first-order valence-electron chi connectivity index (χ1n) is 12.4. The van der Waals surface area contributed by atoms with Gasteiger partial charge in [-0.3, -0.25) is 9.59 Å². The largest absolute Gasteiger partial charge is 0.352 e. The maximum atomic E-state index is 13.7. The van der Waals surface area contributed by atoms with Gasteiger partial charge in [0, 0.05) is 17.1 Å². The first-order valence-corrected chi connectivity index (χ1v) is 14.3. The van der Waals surface area contributed by atoms with E-state index in [2.05, 4.69) is 10.2 Å². The van der Waals surface area contributed by atoms with E-state index < -0.39 is 15.7 Å². The van der Waals surface area contributed by atoms with Crippen molar-refractivity contribution in [3.05, 3.63) is 88.4 Å². The highest BCUT2D eigenvalue weighted by Crippen LogP contribution is 2.38. The fourth-order valence-electron chi connectivity index (χ4n) is 4.94. The topological polar surface area (TPSA) is 86.8 Å². The van der Waals surface area contributed by atoms with Crippen molar-refractivity contribution in [2.45, 2.75) is 35.6 Å². The monoisotopic (exact) mass is 537 g/mol. The van der Waals surface area contributed by atoms with Gasteiger partial charge in [0.05, 0.1) is 27.6 Å². The molecule has 0 radical (unpaired) electrons. The number of benzene rings is 3. The maximum absolute atomic E-state index is 13.7. The van der Waals surface area contributed by atoms with Crippen molar-refractivity contribution in [3.8, 4) is 0 Å². The van der Waals surface area contributed by atoms with Gasteiger partial charge in [-0.15, -0.1) is 0 Å². The van der Waals surface area contributed by atoms with Crippen LogP contribution in [0.15, 0.2) is 76.5 Å². The SMILES string of the molecule is O=C(NCCCN1CCCC1)c1ccc2c(c1)N(Cc1cccc(Cl)c1)C(=O)c1ccccc1S2(=O)=O. The first kappa shape index (κ1) is 25.4. The van der Waals surface area contributed by atoms with Crippen LogP contribution in [-0.4, -0.2) is 51.3 Å². The van der Waals surface area contributed by atoms with Crippen LogP contribution in [0.5, 0.6) is 0 Å². The Hall–Kier alpha value is -3.20. The summed E-state index contributed by atoms with van der Waals surface area (Å²) in [7, 11) is -4.00. The van der Waals surface area contributed by atoms with Gasteiger partial charge in [0.1, 0.15) is 0 Å². The van der Waals surface area contributed by atoms with E-state index in [-0.39, 0.29) is 33.5 Å². The molecule has 0 bridgehead atoms. The molecular formula is C28H28ClN3O4S. The number of amides is 2. The zero-order chi connectivity index (χ0) is 26.0. The lowest BCUT2D eigenvalue weighted by molar-refractivity contribution is 0.0948. The van der Waals surface area contributed by atoms with Crippen LogP contribution in [-0.2, 0) is 16.4 Å². The Morgan fingerprint density at radius 1 is 0.946 bits per heavy atom. The Morgan fingerprint density at radius 3 is 2.51 bits per heavy atom. The Morgan fingerprint density at radius 2 is 1.73 bits per heavy atom. The van der Waals surface area contributed by atoms with Crippen molar-refractivity contribution in [2.24, 2.45) is 0 Å². The molecular weight excluding hydrogens is 510 g/mol. The van der Waals surface area contributed by atoms with Crippen LogP contribution in [0.4, 0.5) is 5.69 Å². The number of rotatable bonds is 7. The number of nitrogens with one attached hydrogen (secondary N) is 1. The molecule has 0 aromatic heterocycles. The summed E-state index contributed by atoms with van der Waals surface area (Å²) in [6.07, 6.45) is 3.27. The summed E-state index contributed by atoms with van der Waals surface area (Å²) < 4.78 is 27.3. The summed E-state index contributed by atoms with van der Waals surface area (Å²) >= 11 is 6.17. The Kier molecular flexibility index (Phi) is 7.33. The van der Waals surface area contributed by atoms with Gasteiger partial charge in [0.25, 0.3) is 11.8 Å². The molecule has 9 heteroatoms. The van der Waals surface area contributed by atoms with E-state index in [1.807, 2.05) is 6.07 Å². The predicted molar refractivity (Wildman–Crippen MR) is 143 cm³/mol. The van der Waals surface area contributed by atoms with Crippen LogP contribution in [0.2, 0.25) is 5.02 Å². The minimum atomic E-state index is -4.00. The molecule has 3 aromatic carbocycles. The number of fused-ring (bicyclic) bond motifs is 2. The molecule has 5 rings (SSSR count). The minimum Gasteiger partial charge on any atom is -0.352 e. The van der Waals surface area contributed by atoms with Crippen LogP contribution < -0.4 is 10.2 Å². The van der Waals surface area contributed by atoms with Gasteiger partial charge in [0.15, 0.2) is 0 Å². The Balaban J connectivity index is 1.48. The summed E-state index contributed by atoms with van der Waals surface area (Å²) in [6, 6.07) is 17.7. The van der Waals surface area contributed by atoms with E-state index in [4.69, 9.17) is 11.6 Å². The van der Waals surface area contributed by atoms with E-state index in [0.717, 1.165) is 31.6 Å². The fraction of sp³-hybridized carbons (Fsp3) is 0.286. The first-order chi connectivity index (χ1) is 17.8. The summed E-state index contributed by atoms with van der Waals surface area (Å²) in [5.41, 5.74) is 1.30. The van der Waals surface area contributed by atoms with Gasteiger partial charge >= 0.3 is 0 Å². The predicted octanol–water partition coefficient (Wildman–Crippen LogP) is 4.55. The molecule has 0 aliphatic carbocycles. The fourth-order valence-corrected chi connectivity index (χ4v) is 6.78. The van der Waals surface area contributed by atoms with Crippen molar-refractivity contribution in [1.82, 2.24) is 10.2 Å². The van der Waals surface area contributed by atoms with E-state index in [1.165, 1.54) is 48.1 Å². The molecule has 2 aliphatic rings. The normalized spacial score (nSPS) is 16.7. The summed E-state index contributed by atoms with van der Waals surface area (Å²) in [5, 5.41) is 3.44. The number of anilines is 1. The molecule has 7 nitrogen and oxygen atoms in total. The van der Waals surface area contributed by atoms with E-state index in [9.17, 15) is 18.0 Å². The summed E-state index contributed by atoms with van der Waals surface area (Å²) in [4.78, 5) is 30.4. The van der Waals surface area contributed by atoms with Crippen LogP contribution in [0.3, 0.4) is 0 Å². The quantitative estimate of drug-likeness (QED) is 0.447. The molecule has 3 aromatic rings. The Bertz CT molecular complexity index is 1450. The van der Waals surface area contributed by atoms with Crippen molar-refractivity contribution in [3.63, 3.8) is 0 Å². The van der Waals surface area contributed by atoms with Gasteiger partial charge in [0.2, 0.25) is 9.84 Å². The summed E-state index contributed by atoms with van der Waals surface area (Å²) in [6.45, 7) is 3.75. The molecule has 2 aliphatic heterocycles. The highest BCUT2D eigenvalue weighted by molar-refractivity contribution is 7.91. The third kappa shape index (κ3) is 5.28. The zero-order valence-corrected chi connectivity index (χ0v) is 21.9. The van der Waals surface area contributed by atoms with Gasteiger partial charge in [-0.25, -0.2) is 8.42 Å². The smallest absolute Gasteiger partial charge is 0.259 e. The second-order valence-electron chi connectivity index (χ2n) is 9.36. The summed E-state index contributed by atoms with van der Waals surface area (Å²) in [5.74, 6) is -0.764. The number of carbonyl (C=O) groups is 2. The lowest BCUT2D eigenvalue weighted by Crippen LogP contribution is -2.31. The molecule has 1 saturated heterocycles. The number of nitrogens with zero attached hydrogens (tertiary/aromatic N) is 2. The van der Waals surface area contributed by atoms with Crippen LogP contribution >= 0.6 is 11.6 Å². The van der Waals surface area contributed by atoms with Crippen LogP contribution in [0, 0.1) is 0 Å². The highest BCUT2D eigenvalue weighted by Gasteiger charge is 2.36. The number of sulfone groups is 1. The second-order valence-corrected chi connectivity index (χ2v) is 11.7. The van der Waals surface area contributed by atoms with E-state index in [1.54, 1.807) is 30.3 Å². The number of hydrogen-bond acceptors (Lipinski definition) is 5. The van der Waals surface area contributed by atoms with Gasteiger partial charge in [-0.1, -0.05) is 35.9 Å². The lowest BCUT2D eigenvalue weighted by atomic mass is 10.1. The number of hydrogen-bond donors (Lipinski definition) is 1. The molecule has 1 N–H and O–H groups in total. The highest BCUT2D eigenvalue weighted by atomic mass is 35.5. The van der Waals surface area contributed by atoms with Crippen molar-refractivity contribution < 1.29 is 18.0 Å². The molecule has 192 valence electrons. The van der Waals surface area contributed by atoms with Crippen molar-refractivity contribution in [1.29, 1.82) is 0 Å². The van der Waals surface area contributed by atoms with E-state index >= 15 is 0 Å². The van der Waals surface area contributed by atoms with Crippen LogP contribution in [0.1, 0.15) is 45.5 Å². The average Bonchev–Trinajstić information content (AvgIpc) is 3.40. The molecule has 0 atom stereocenters. The van der Waals surface area contributed by atoms with Crippen molar-refractivity contribution in [2.75, 3.05) is 31.1 Å². The molecule has 0 spiro atoms. The third-order valence-electron chi connectivity index (χ3n) is 6.82. The van der Waals surface area contributed by atoms with Gasteiger partial charge in [-0.2, -0.15) is 0 Å². The maximum Gasteiger partial charge on any atom is 0.259 e. The lowest BCUT2D eigenvalue weighted by Gasteiger charge is -2.23.